The summed E-state index contributed by atoms with van der Waals surface area (Å²) in [4.78, 5) is 10.3. The predicted octanol–water partition coefficient (Wildman–Crippen LogP) is 1.23. The van der Waals surface area contributed by atoms with Crippen molar-refractivity contribution in [2.75, 3.05) is 27.9 Å². The van der Waals surface area contributed by atoms with Crippen LogP contribution < -0.4 is 0 Å². The molecule has 0 aromatic carbocycles. The van der Waals surface area contributed by atoms with Gasteiger partial charge in [0.25, 0.3) is 6.47 Å². The van der Waals surface area contributed by atoms with E-state index in [0.29, 0.717) is 0 Å². The molecule has 0 rings (SSSR count). The summed E-state index contributed by atoms with van der Waals surface area (Å²) in [6.07, 6.45) is -3.64. The lowest BCUT2D eigenvalue weighted by atomic mass is 10.1. The highest BCUT2D eigenvalue weighted by molar-refractivity contribution is 14.1. The van der Waals surface area contributed by atoms with Crippen molar-refractivity contribution >= 4 is 29.1 Å². The van der Waals surface area contributed by atoms with Crippen LogP contribution in [0.3, 0.4) is 0 Å². The van der Waals surface area contributed by atoms with Crippen molar-refractivity contribution in [3.63, 3.8) is 0 Å². The number of halogens is 3. The van der Waals surface area contributed by atoms with E-state index in [-0.39, 0.29) is 13.1 Å². The van der Waals surface area contributed by atoms with Gasteiger partial charge in [-0.3, -0.25) is 4.79 Å². The summed E-state index contributed by atoms with van der Waals surface area (Å²) in [6, 6.07) is 0. The number of methoxy groups -OCH3 is 3. The molecule has 0 aliphatic carbocycles. The van der Waals surface area contributed by atoms with Gasteiger partial charge in [0.1, 0.15) is 6.10 Å². The zero-order chi connectivity index (χ0) is 13.5. The van der Waals surface area contributed by atoms with Crippen LogP contribution in [0, 0.1) is 0 Å². The number of rotatable bonds is 9. The van der Waals surface area contributed by atoms with Gasteiger partial charge in [-0.25, -0.2) is 0 Å². The van der Waals surface area contributed by atoms with Crippen LogP contribution in [0.15, 0.2) is 0 Å². The summed E-state index contributed by atoms with van der Waals surface area (Å²) in [6.45, 7) is 0.0948. The van der Waals surface area contributed by atoms with Gasteiger partial charge in [-0.15, -0.1) is 0 Å². The van der Waals surface area contributed by atoms with Gasteiger partial charge in [0.2, 0.25) is 0 Å². The summed E-state index contributed by atoms with van der Waals surface area (Å²) in [5, 5.41) is 0. The molecule has 17 heavy (non-hydrogen) atoms. The van der Waals surface area contributed by atoms with Crippen molar-refractivity contribution in [1.29, 1.82) is 0 Å². The maximum atomic E-state index is 13.3. The topological polar surface area (TPSA) is 54.0 Å². The van der Waals surface area contributed by atoms with E-state index in [1.807, 2.05) is 0 Å². The van der Waals surface area contributed by atoms with Crippen LogP contribution >= 0.6 is 22.6 Å². The lowest BCUT2D eigenvalue weighted by molar-refractivity contribution is -0.175. The Labute approximate surface area is 112 Å². The van der Waals surface area contributed by atoms with Crippen LogP contribution in [0.1, 0.15) is 0 Å². The number of ether oxygens (including phenoxy) is 4. The Morgan fingerprint density at radius 2 is 1.88 bits per heavy atom. The first-order chi connectivity index (χ1) is 7.92. The van der Waals surface area contributed by atoms with Crippen LogP contribution in [0.5, 0.6) is 0 Å². The van der Waals surface area contributed by atoms with E-state index >= 15 is 0 Å². The molecule has 0 heterocycles. The third kappa shape index (κ3) is 5.40. The minimum absolute atomic E-state index is 0.0656. The first-order valence-electron chi connectivity index (χ1n) is 4.62. The molecule has 0 aromatic heterocycles. The van der Waals surface area contributed by atoms with Crippen molar-refractivity contribution in [3.05, 3.63) is 0 Å². The molecule has 102 valence electrons. The van der Waals surface area contributed by atoms with Crippen LogP contribution in [-0.4, -0.2) is 56.6 Å². The van der Waals surface area contributed by atoms with Crippen LogP contribution in [-0.2, 0) is 23.7 Å². The van der Waals surface area contributed by atoms with Gasteiger partial charge in [0.15, 0.2) is 12.2 Å². The highest BCUT2D eigenvalue weighted by Crippen LogP contribution is 2.33. The molecular formula is C9H15F2IO5. The molecule has 0 bridgehead atoms. The third-order valence-electron chi connectivity index (χ3n) is 2.07. The summed E-state index contributed by atoms with van der Waals surface area (Å²) >= 11 is 0.944. The normalized spacial score (nSPS) is 17.3. The standard InChI is InChI=1S/C9H15F2IO5/c1-14-4-6(17-5-13)7(15-2)8(16-3)9(10,11)12/h5-8H,4H2,1-3H3/t6-,7+,8+/m1/s1. The number of carbonyl (C=O) groups excluding carboxylic acids is 1. The number of hydrogen-bond acceptors (Lipinski definition) is 5. The molecule has 0 aromatic rings. The molecule has 0 spiro atoms. The SMILES string of the molecule is COC[C@@H](OC=O)[C@H](OC)[C@H](OC)C(F)(F)I. The maximum Gasteiger partial charge on any atom is 0.324 e. The zero-order valence-corrected chi connectivity index (χ0v) is 11.8. The number of carbonyl (C=O) groups is 1. The fourth-order valence-electron chi connectivity index (χ4n) is 1.37. The van der Waals surface area contributed by atoms with Crippen LogP contribution in [0.2, 0.25) is 0 Å². The van der Waals surface area contributed by atoms with Gasteiger partial charge in [0.05, 0.1) is 6.61 Å². The largest absolute Gasteiger partial charge is 0.459 e. The monoisotopic (exact) mass is 368 g/mol. The van der Waals surface area contributed by atoms with E-state index < -0.39 is 22.2 Å². The quantitative estimate of drug-likeness (QED) is 0.348. The molecule has 3 atom stereocenters. The van der Waals surface area contributed by atoms with Gasteiger partial charge >= 0.3 is 3.93 Å². The Balaban J connectivity index is 4.90. The Hall–Kier alpha value is -0.0600. The van der Waals surface area contributed by atoms with Gasteiger partial charge < -0.3 is 18.9 Å². The van der Waals surface area contributed by atoms with E-state index in [2.05, 4.69) is 4.74 Å². The highest BCUT2D eigenvalue weighted by atomic mass is 127. The summed E-state index contributed by atoms with van der Waals surface area (Å²) < 4.78 is 42.4. The van der Waals surface area contributed by atoms with E-state index in [1.165, 1.54) is 14.2 Å². The molecule has 0 saturated heterocycles. The molecule has 0 unspecified atom stereocenters. The molecule has 0 saturated carbocycles. The van der Waals surface area contributed by atoms with E-state index in [0.717, 1.165) is 29.7 Å². The highest BCUT2D eigenvalue weighted by Gasteiger charge is 2.46. The first kappa shape index (κ1) is 16.9. The molecule has 0 aliphatic rings. The lowest BCUT2D eigenvalue weighted by Crippen LogP contribution is -2.50. The maximum absolute atomic E-state index is 13.3. The Morgan fingerprint density at radius 1 is 1.29 bits per heavy atom. The van der Waals surface area contributed by atoms with Gasteiger partial charge in [-0.1, -0.05) is 0 Å². The zero-order valence-electron chi connectivity index (χ0n) is 9.69. The fraction of sp³-hybridized carbons (Fsp3) is 0.889. The van der Waals surface area contributed by atoms with Crippen molar-refractivity contribution in [2.24, 2.45) is 0 Å². The predicted molar refractivity (Wildman–Crippen MR) is 63.4 cm³/mol. The summed E-state index contributed by atoms with van der Waals surface area (Å²) in [5.41, 5.74) is 0. The lowest BCUT2D eigenvalue weighted by Gasteiger charge is -2.32. The van der Waals surface area contributed by atoms with Gasteiger partial charge in [-0.05, 0) is 0 Å². The molecule has 0 N–H and O–H groups in total. The number of hydrogen-bond donors (Lipinski definition) is 0. The van der Waals surface area contributed by atoms with Crippen molar-refractivity contribution < 1.29 is 32.5 Å². The Kier molecular flexibility index (Phi) is 8.09. The average Bonchev–Trinajstić information content (AvgIpc) is 2.23. The molecule has 0 aliphatic heterocycles. The van der Waals surface area contributed by atoms with Crippen molar-refractivity contribution in [3.8, 4) is 0 Å². The third-order valence-corrected chi connectivity index (χ3v) is 2.69. The summed E-state index contributed by atoms with van der Waals surface area (Å²) in [5.74, 6) is 0. The van der Waals surface area contributed by atoms with Crippen molar-refractivity contribution in [2.45, 2.75) is 22.2 Å². The van der Waals surface area contributed by atoms with E-state index in [1.54, 1.807) is 0 Å². The second kappa shape index (κ2) is 8.11. The minimum Gasteiger partial charge on any atom is -0.459 e. The average molecular weight is 368 g/mol. The van der Waals surface area contributed by atoms with E-state index in [4.69, 9.17) is 14.2 Å². The van der Waals surface area contributed by atoms with Gasteiger partial charge in [-0.2, -0.15) is 8.78 Å². The molecule has 5 nitrogen and oxygen atoms in total. The molecular weight excluding hydrogens is 353 g/mol. The molecule has 0 amide bonds. The Bertz CT molecular complexity index is 224. The molecule has 8 heteroatoms. The Morgan fingerprint density at radius 3 is 2.18 bits per heavy atom. The van der Waals surface area contributed by atoms with Gasteiger partial charge in [0, 0.05) is 43.9 Å². The fourth-order valence-corrected chi connectivity index (χ4v) is 1.98. The van der Waals surface area contributed by atoms with Crippen LogP contribution in [0.25, 0.3) is 0 Å². The van der Waals surface area contributed by atoms with Crippen molar-refractivity contribution in [1.82, 2.24) is 0 Å². The van der Waals surface area contributed by atoms with E-state index in [9.17, 15) is 13.6 Å². The molecule has 0 fully saturated rings. The first-order valence-corrected chi connectivity index (χ1v) is 5.70. The minimum atomic E-state index is -3.16. The second-order valence-electron chi connectivity index (χ2n) is 3.12. The smallest absolute Gasteiger partial charge is 0.324 e. The number of alkyl halides is 3. The van der Waals surface area contributed by atoms with Crippen LogP contribution in [0.4, 0.5) is 8.78 Å². The second-order valence-corrected chi connectivity index (χ2v) is 4.56. The molecule has 0 radical (unpaired) electrons. The summed E-state index contributed by atoms with van der Waals surface area (Å²) in [7, 11) is 3.72.